The normalized spacial score (nSPS) is 10.6. The van der Waals surface area contributed by atoms with Crippen LogP contribution in [0.5, 0.6) is 23.0 Å². The van der Waals surface area contributed by atoms with E-state index < -0.39 is 0 Å². The number of nitrogens with one attached hydrogen (secondary N) is 1. The highest BCUT2D eigenvalue weighted by Crippen LogP contribution is 2.38. The van der Waals surface area contributed by atoms with E-state index in [1.165, 1.54) is 27.4 Å². The Morgan fingerprint density at radius 3 is 2.20 bits per heavy atom. The first-order valence-electron chi connectivity index (χ1n) is 7.57. The number of methoxy groups -OCH3 is 3. The number of allylic oxidation sites excluding steroid dienone is 1. The van der Waals surface area contributed by atoms with Crippen LogP contribution in [0.15, 0.2) is 42.6 Å². The molecule has 0 spiro atoms. The van der Waals surface area contributed by atoms with E-state index in [0.29, 0.717) is 22.8 Å². The molecule has 0 aliphatic heterocycles. The van der Waals surface area contributed by atoms with Crippen molar-refractivity contribution < 1.29 is 24.1 Å². The number of hydrogen-bond acceptors (Lipinski definition) is 6. The minimum atomic E-state index is -0.219. The molecule has 2 aromatic rings. The third-order valence-corrected chi connectivity index (χ3v) is 3.63. The highest BCUT2D eigenvalue weighted by atomic mass is 16.5. The number of anilines is 1. The lowest BCUT2D eigenvalue weighted by Crippen LogP contribution is -2.01. The second-order valence-electron chi connectivity index (χ2n) is 5.26. The van der Waals surface area contributed by atoms with Crippen LogP contribution in [0, 0.1) is 6.92 Å². The summed E-state index contributed by atoms with van der Waals surface area (Å²) in [6, 6.07) is 8.14. The molecule has 2 aromatic carbocycles. The van der Waals surface area contributed by atoms with Crippen LogP contribution in [0.4, 0.5) is 5.69 Å². The lowest BCUT2D eigenvalue weighted by molar-refractivity contribution is 0.104. The van der Waals surface area contributed by atoms with Crippen molar-refractivity contribution in [2.75, 3.05) is 26.6 Å². The molecule has 0 aromatic heterocycles. The van der Waals surface area contributed by atoms with E-state index in [2.05, 4.69) is 5.32 Å². The summed E-state index contributed by atoms with van der Waals surface area (Å²) >= 11 is 0. The first-order chi connectivity index (χ1) is 12.0. The van der Waals surface area contributed by atoms with Gasteiger partial charge in [-0.1, -0.05) is 0 Å². The van der Waals surface area contributed by atoms with Gasteiger partial charge in [0.2, 0.25) is 5.75 Å². The van der Waals surface area contributed by atoms with Crippen molar-refractivity contribution in [2.45, 2.75) is 6.92 Å². The molecule has 2 rings (SSSR count). The van der Waals surface area contributed by atoms with E-state index in [9.17, 15) is 9.90 Å². The molecule has 6 nitrogen and oxygen atoms in total. The lowest BCUT2D eigenvalue weighted by atomic mass is 10.1. The molecule has 0 amide bonds. The van der Waals surface area contributed by atoms with Crippen molar-refractivity contribution in [1.29, 1.82) is 0 Å². The van der Waals surface area contributed by atoms with Gasteiger partial charge >= 0.3 is 0 Å². The number of hydrogen-bond donors (Lipinski definition) is 2. The summed E-state index contributed by atoms with van der Waals surface area (Å²) in [4.78, 5) is 12.4. The number of ether oxygens (including phenoxy) is 3. The summed E-state index contributed by atoms with van der Waals surface area (Å²) in [7, 11) is 4.50. The molecule has 0 unspecified atom stereocenters. The van der Waals surface area contributed by atoms with Crippen LogP contribution in [0.25, 0.3) is 0 Å². The Labute approximate surface area is 146 Å². The van der Waals surface area contributed by atoms with Crippen LogP contribution in [0.2, 0.25) is 0 Å². The third-order valence-electron chi connectivity index (χ3n) is 3.63. The topological polar surface area (TPSA) is 77.0 Å². The number of benzene rings is 2. The minimum absolute atomic E-state index is 0.195. The van der Waals surface area contributed by atoms with Crippen LogP contribution >= 0.6 is 0 Å². The van der Waals surface area contributed by atoms with Gasteiger partial charge in [0, 0.05) is 23.5 Å². The summed E-state index contributed by atoms with van der Waals surface area (Å²) < 4.78 is 15.7. The van der Waals surface area contributed by atoms with Crippen molar-refractivity contribution in [1.82, 2.24) is 0 Å². The zero-order chi connectivity index (χ0) is 18.4. The molecule has 0 bridgehead atoms. The van der Waals surface area contributed by atoms with Crippen LogP contribution < -0.4 is 19.5 Å². The second-order valence-corrected chi connectivity index (χ2v) is 5.26. The van der Waals surface area contributed by atoms with Gasteiger partial charge in [0.1, 0.15) is 5.75 Å². The first-order valence-corrected chi connectivity index (χ1v) is 7.57. The molecule has 0 heterocycles. The van der Waals surface area contributed by atoms with Crippen molar-refractivity contribution in [3.63, 3.8) is 0 Å². The maximum absolute atomic E-state index is 12.4. The predicted octanol–water partition coefficient (Wildman–Crippen LogP) is 3.53. The highest BCUT2D eigenvalue weighted by Gasteiger charge is 2.15. The fraction of sp³-hybridized carbons (Fsp3) is 0.211. The van der Waals surface area contributed by atoms with Crippen molar-refractivity contribution in [3.05, 3.63) is 53.7 Å². The Morgan fingerprint density at radius 1 is 1.04 bits per heavy atom. The molecule has 132 valence electrons. The van der Waals surface area contributed by atoms with Crippen molar-refractivity contribution >= 4 is 11.5 Å². The number of phenolic OH excluding ortho intramolecular Hbond substituents is 1. The second kappa shape index (κ2) is 8.10. The van der Waals surface area contributed by atoms with Gasteiger partial charge in [-0.2, -0.15) is 0 Å². The van der Waals surface area contributed by atoms with Gasteiger partial charge in [0.25, 0.3) is 0 Å². The van der Waals surface area contributed by atoms with Gasteiger partial charge in [0.15, 0.2) is 17.3 Å². The largest absolute Gasteiger partial charge is 0.508 e. The maximum atomic E-state index is 12.4. The number of phenols is 1. The average Bonchev–Trinajstić information content (AvgIpc) is 2.61. The molecule has 6 heteroatoms. The number of ketones is 1. The van der Waals surface area contributed by atoms with Gasteiger partial charge in [-0.3, -0.25) is 4.79 Å². The Hall–Kier alpha value is -3.15. The zero-order valence-electron chi connectivity index (χ0n) is 14.6. The number of carbonyl (C=O) groups is 1. The number of aryl methyl sites for hydroxylation is 1. The molecule has 2 N–H and O–H groups in total. The smallest absolute Gasteiger partial charge is 0.203 e. The predicted molar refractivity (Wildman–Crippen MR) is 96.0 cm³/mol. The van der Waals surface area contributed by atoms with Crippen LogP contribution in [-0.4, -0.2) is 32.2 Å². The summed E-state index contributed by atoms with van der Waals surface area (Å²) in [5.74, 6) is 1.24. The Bertz CT molecular complexity index is 773. The summed E-state index contributed by atoms with van der Waals surface area (Å²) in [5, 5.41) is 12.4. The molecular weight excluding hydrogens is 322 g/mol. The molecule has 0 atom stereocenters. The Kier molecular flexibility index (Phi) is 5.89. The molecular formula is C19H21NO5. The van der Waals surface area contributed by atoms with E-state index in [0.717, 1.165) is 11.3 Å². The summed E-state index contributed by atoms with van der Waals surface area (Å²) in [6.07, 6.45) is 2.96. The van der Waals surface area contributed by atoms with Gasteiger partial charge in [-0.15, -0.1) is 0 Å². The standard InChI is InChI=1S/C19H21NO5/c1-12-9-14(21)5-6-15(12)20-8-7-16(22)13-10-17(23-2)19(25-4)18(11-13)24-3/h5-11,20-21H,1-4H3. The molecule has 0 radical (unpaired) electrons. The van der Waals surface area contributed by atoms with E-state index in [1.807, 2.05) is 6.92 Å². The Morgan fingerprint density at radius 2 is 1.68 bits per heavy atom. The van der Waals surface area contributed by atoms with Crippen LogP contribution in [0.3, 0.4) is 0 Å². The van der Waals surface area contributed by atoms with Crippen molar-refractivity contribution in [3.8, 4) is 23.0 Å². The van der Waals surface area contributed by atoms with E-state index in [1.54, 1.807) is 36.5 Å². The Balaban J connectivity index is 2.20. The van der Waals surface area contributed by atoms with Gasteiger partial charge in [0.05, 0.1) is 21.3 Å². The van der Waals surface area contributed by atoms with Crippen LogP contribution in [0.1, 0.15) is 15.9 Å². The van der Waals surface area contributed by atoms with Gasteiger partial charge in [-0.05, 0) is 42.8 Å². The lowest BCUT2D eigenvalue weighted by Gasteiger charge is -2.13. The fourth-order valence-electron chi connectivity index (χ4n) is 2.34. The molecule has 0 fully saturated rings. The molecule has 25 heavy (non-hydrogen) atoms. The maximum Gasteiger partial charge on any atom is 0.203 e. The van der Waals surface area contributed by atoms with Crippen LogP contribution in [-0.2, 0) is 0 Å². The third kappa shape index (κ3) is 4.23. The quantitative estimate of drug-likeness (QED) is 0.455. The van der Waals surface area contributed by atoms with E-state index >= 15 is 0 Å². The molecule has 0 saturated heterocycles. The molecule has 0 aliphatic rings. The minimum Gasteiger partial charge on any atom is -0.508 e. The fourth-order valence-corrected chi connectivity index (χ4v) is 2.34. The highest BCUT2D eigenvalue weighted by molar-refractivity contribution is 6.05. The number of rotatable bonds is 7. The number of aromatic hydroxyl groups is 1. The van der Waals surface area contributed by atoms with Crippen molar-refractivity contribution in [2.24, 2.45) is 0 Å². The van der Waals surface area contributed by atoms with E-state index in [-0.39, 0.29) is 11.5 Å². The average molecular weight is 343 g/mol. The van der Waals surface area contributed by atoms with Gasteiger partial charge in [-0.25, -0.2) is 0 Å². The van der Waals surface area contributed by atoms with E-state index in [4.69, 9.17) is 14.2 Å². The SMILES string of the molecule is COc1cc(C(=O)C=CNc2ccc(O)cc2C)cc(OC)c1OC. The van der Waals surface area contributed by atoms with Gasteiger partial charge < -0.3 is 24.6 Å². The summed E-state index contributed by atoms with van der Waals surface area (Å²) in [6.45, 7) is 1.86. The summed E-state index contributed by atoms with van der Waals surface area (Å²) in [5.41, 5.74) is 2.08. The zero-order valence-corrected chi connectivity index (χ0v) is 14.6. The monoisotopic (exact) mass is 343 g/mol. The first kappa shape index (κ1) is 18.2. The molecule has 0 saturated carbocycles. The molecule has 0 aliphatic carbocycles. The number of carbonyl (C=O) groups excluding carboxylic acids is 1.